The minimum atomic E-state index is -0.634. The molecule has 0 aliphatic carbocycles. The molecule has 7 heteroatoms. The van der Waals surface area contributed by atoms with Gasteiger partial charge in [-0.2, -0.15) is 0 Å². The summed E-state index contributed by atoms with van der Waals surface area (Å²) in [5.41, 5.74) is -0.368. The highest BCUT2D eigenvalue weighted by molar-refractivity contribution is 5.02. The number of hydrogen-bond acceptors (Lipinski definition) is 5. The summed E-state index contributed by atoms with van der Waals surface area (Å²) in [5, 5.41) is 0. The molecule has 3 heterocycles. The molecule has 0 unspecified atom stereocenters. The van der Waals surface area contributed by atoms with Crippen LogP contribution in [0.5, 0.6) is 0 Å². The van der Waals surface area contributed by atoms with Crippen LogP contribution < -0.4 is 11.2 Å². The molecule has 110 valence electrons. The fourth-order valence-electron chi connectivity index (χ4n) is 2.63. The molecule has 0 aromatic carbocycles. The van der Waals surface area contributed by atoms with Crippen LogP contribution in [0.1, 0.15) is 32.1 Å². The van der Waals surface area contributed by atoms with Gasteiger partial charge in [0.25, 0.3) is 5.56 Å². The van der Waals surface area contributed by atoms with E-state index in [9.17, 15) is 9.59 Å². The van der Waals surface area contributed by atoms with E-state index in [1.165, 1.54) is 10.8 Å². The van der Waals surface area contributed by atoms with Crippen molar-refractivity contribution >= 4 is 0 Å². The summed E-state index contributed by atoms with van der Waals surface area (Å²) in [5.74, 6) is -0.634. The minimum Gasteiger partial charge on any atom is -0.349 e. The Hall–Kier alpha value is -1.44. The SMILES string of the molecule is Cc1cn([C@@H]2C[C@H]3OC(C)(C)OC[C@H]3O2)c(=O)[nH]c1=O. The Morgan fingerprint density at radius 2 is 2.10 bits per heavy atom. The van der Waals surface area contributed by atoms with Crippen LogP contribution in [0, 0.1) is 6.92 Å². The lowest BCUT2D eigenvalue weighted by molar-refractivity contribution is -0.293. The predicted octanol–water partition coefficient (Wildman–Crippen LogP) is 0.284. The highest BCUT2D eigenvalue weighted by Gasteiger charge is 2.44. The molecule has 1 N–H and O–H groups in total. The van der Waals surface area contributed by atoms with Gasteiger partial charge in [0.1, 0.15) is 12.3 Å². The smallest absolute Gasteiger partial charge is 0.330 e. The van der Waals surface area contributed by atoms with Crippen LogP contribution in [0.25, 0.3) is 0 Å². The zero-order valence-corrected chi connectivity index (χ0v) is 11.7. The van der Waals surface area contributed by atoms with Gasteiger partial charge in [0, 0.05) is 18.2 Å². The predicted molar refractivity (Wildman–Crippen MR) is 69.5 cm³/mol. The van der Waals surface area contributed by atoms with Crippen LogP contribution in [0.3, 0.4) is 0 Å². The van der Waals surface area contributed by atoms with Crippen LogP contribution in [-0.4, -0.2) is 34.2 Å². The zero-order chi connectivity index (χ0) is 14.5. The number of nitrogens with zero attached hydrogens (tertiary/aromatic N) is 1. The van der Waals surface area contributed by atoms with E-state index in [0.717, 1.165) is 0 Å². The third-order valence-corrected chi connectivity index (χ3v) is 3.67. The number of hydrogen-bond donors (Lipinski definition) is 1. The van der Waals surface area contributed by atoms with Crippen molar-refractivity contribution < 1.29 is 14.2 Å². The van der Waals surface area contributed by atoms with E-state index in [2.05, 4.69) is 4.98 Å². The lowest BCUT2D eigenvalue weighted by Crippen LogP contribution is -2.46. The summed E-state index contributed by atoms with van der Waals surface area (Å²) in [6, 6.07) is 0. The van der Waals surface area contributed by atoms with Gasteiger partial charge in [0.05, 0.1) is 12.7 Å². The Labute approximate surface area is 115 Å². The lowest BCUT2D eigenvalue weighted by Gasteiger charge is -2.36. The van der Waals surface area contributed by atoms with Crippen molar-refractivity contribution in [1.29, 1.82) is 0 Å². The van der Waals surface area contributed by atoms with E-state index in [1.54, 1.807) is 6.92 Å². The van der Waals surface area contributed by atoms with Crippen LogP contribution in [0.15, 0.2) is 15.8 Å². The van der Waals surface area contributed by atoms with E-state index in [4.69, 9.17) is 14.2 Å². The second-order valence-electron chi connectivity index (χ2n) is 5.71. The molecule has 3 atom stereocenters. The number of rotatable bonds is 1. The van der Waals surface area contributed by atoms with Crippen molar-refractivity contribution in [2.45, 2.75) is 51.4 Å². The molecule has 2 fully saturated rings. The molecule has 2 saturated heterocycles. The molecular formula is C13H18N2O5. The van der Waals surface area contributed by atoms with Crippen molar-refractivity contribution in [3.63, 3.8) is 0 Å². The van der Waals surface area contributed by atoms with Gasteiger partial charge in [-0.3, -0.25) is 14.3 Å². The van der Waals surface area contributed by atoms with Crippen LogP contribution in [0.4, 0.5) is 0 Å². The summed E-state index contributed by atoms with van der Waals surface area (Å²) in [7, 11) is 0. The van der Waals surface area contributed by atoms with Gasteiger partial charge in [-0.05, 0) is 20.8 Å². The third-order valence-electron chi connectivity index (χ3n) is 3.67. The number of fused-ring (bicyclic) bond motifs is 1. The van der Waals surface area contributed by atoms with Gasteiger partial charge in [0.15, 0.2) is 5.79 Å². The number of aromatic nitrogens is 2. The molecule has 0 saturated carbocycles. The van der Waals surface area contributed by atoms with Crippen molar-refractivity contribution in [3.8, 4) is 0 Å². The van der Waals surface area contributed by atoms with Gasteiger partial charge in [0.2, 0.25) is 0 Å². The zero-order valence-electron chi connectivity index (χ0n) is 11.7. The Balaban J connectivity index is 1.86. The van der Waals surface area contributed by atoms with E-state index in [1.807, 2.05) is 13.8 Å². The van der Waals surface area contributed by atoms with Gasteiger partial charge in [-0.15, -0.1) is 0 Å². The average Bonchev–Trinajstić information content (AvgIpc) is 2.74. The summed E-state index contributed by atoms with van der Waals surface area (Å²) in [4.78, 5) is 25.5. The van der Waals surface area contributed by atoms with Crippen molar-refractivity contribution in [2.75, 3.05) is 6.61 Å². The lowest BCUT2D eigenvalue weighted by atomic mass is 10.1. The largest absolute Gasteiger partial charge is 0.349 e. The van der Waals surface area contributed by atoms with E-state index < -0.39 is 17.7 Å². The molecule has 2 aliphatic rings. The first kappa shape index (κ1) is 13.5. The van der Waals surface area contributed by atoms with Crippen molar-refractivity contribution in [3.05, 3.63) is 32.6 Å². The first-order valence-corrected chi connectivity index (χ1v) is 6.65. The molecule has 1 aromatic heterocycles. The molecule has 0 bridgehead atoms. The maximum Gasteiger partial charge on any atom is 0.330 e. The minimum absolute atomic E-state index is 0.108. The monoisotopic (exact) mass is 282 g/mol. The standard InChI is InChI=1S/C13H18N2O5/c1-7-5-15(12(17)14-11(7)16)10-4-8-9(19-10)6-18-13(2,3)20-8/h5,8-10H,4,6H2,1-3H3,(H,14,16,17)/t8-,9-,10+/m1/s1. The molecule has 0 amide bonds. The van der Waals surface area contributed by atoms with E-state index in [0.29, 0.717) is 18.6 Å². The quantitative estimate of drug-likeness (QED) is 0.800. The summed E-state index contributed by atoms with van der Waals surface area (Å²) in [6.07, 6.45) is 1.35. The molecule has 3 rings (SSSR count). The Bertz CT molecular complexity index is 632. The van der Waals surface area contributed by atoms with E-state index >= 15 is 0 Å². The van der Waals surface area contributed by atoms with Crippen molar-refractivity contribution in [1.82, 2.24) is 9.55 Å². The molecule has 2 aliphatic heterocycles. The van der Waals surface area contributed by atoms with Gasteiger partial charge in [-0.1, -0.05) is 0 Å². The van der Waals surface area contributed by atoms with Gasteiger partial charge < -0.3 is 14.2 Å². The second-order valence-corrected chi connectivity index (χ2v) is 5.71. The van der Waals surface area contributed by atoms with Crippen LogP contribution in [0.2, 0.25) is 0 Å². The first-order chi connectivity index (χ1) is 9.35. The summed E-state index contributed by atoms with van der Waals surface area (Å²) >= 11 is 0. The highest BCUT2D eigenvalue weighted by atomic mass is 16.7. The Kier molecular flexibility index (Phi) is 3.07. The number of H-pyrrole nitrogens is 1. The molecular weight excluding hydrogens is 264 g/mol. The molecule has 0 radical (unpaired) electrons. The number of nitrogens with one attached hydrogen (secondary N) is 1. The molecule has 0 spiro atoms. The fourth-order valence-corrected chi connectivity index (χ4v) is 2.63. The Morgan fingerprint density at radius 1 is 1.35 bits per heavy atom. The van der Waals surface area contributed by atoms with Crippen molar-refractivity contribution in [2.24, 2.45) is 0 Å². The molecule has 7 nitrogen and oxygen atoms in total. The first-order valence-electron chi connectivity index (χ1n) is 6.65. The maximum absolute atomic E-state index is 11.9. The number of aromatic amines is 1. The van der Waals surface area contributed by atoms with Gasteiger partial charge in [-0.25, -0.2) is 4.79 Å². The normalized spacial score (nSPS) is 32.0. The number of aryl methyl sites for hydroxylation is 1. The third kappa shape index (κ3) is 2.32. The van der Waals surface area contributed by atoms with Crippen LogP contribution >= 0.6 is 0 Å². The highest BCUT2D eigenvalue weighted by Crippen LogP contribution is 2.36. The fraction of sp³-hybridized carbons (Fsp3) is 0.692. The van der Waals surface area contributed by atoms with E-state index in [-0.39, 0.29) is 17.8 Å². The van der Waals surface area contributed by atoms with Crippen LogP contribution in [-0.2, 0) is 14.2 Å². The van der Waals surface area contributed by atoms with Gasteiger partial charge >= 0.3 is 5.69 Å². The summed E-state index contributed by atoms with van der Waals surface area (Å²) < 4.78 is 18.6. The topological polar surface area (TPSA) is 82.6 Å². The molecule has 20 heavy (non-hydrogen) atoms. The second kappa shape index (κ2) is 4.54. The Morgan fingerprint density at radius 3 is 2.85 bits per heavy atom. The summed E-state index contributed by atoms with van der Waals surface area (Å²) in [6.45, 7) is 5.80. The maximum atomic E-state index is 11.9. The number of ether oxygens (including phenoxy) is 3. The molecule has 1 aromatic rings. The average molecular weight is 282 g/mol.